The Labute approximate surface area is 197 Å². The van der Waals surface area contributed by atoms with Gasteiger partial charge in [-0.25, -0.2) is 4.39 Å². The van der Waals surface area contributed by atoms with E-state index in [1.807, 2.05) is 17.5 Å². The number of likely N-dealkylation sites (tertiary alicyclic amines) is 1. The molecule has 4 aromatic rings. The van der Waals surface area contributed by atoms with Gasteiger partial charge < -0.3 is 9.88 Å². The summed E-state index contributed by atoms with van der Waals surface area (Å²) in [5.41, 5.74) is 3.35. The Morgan fingerprint density at radius 3 is 2.64 bits per heavy atom. The zero-order valence-electron chi connectivity index (χ0n) is 18.5. The summed E-state index contributed by atoms with van der Waals surface area (Å²) in [7, 11) is 0. The number of thiophene rings is 1. The van der Waals surface area contributed by atoms with Crippen LogP contribution in [0.3, 0.4) is 0 Å². The number of carbonyl (C=O) groups is 1. The number of benzene rings is 2. The van der Waals surface area contributed by atoms with Crippen LogP contribution in [-0.2, 0) is 24.4 Å². The summed E-state index contributed by atoms with van der Waals surface area (Å²) < 4.78 is 16.1. The molecule has 0 aliphatic carbocycles. The van der Waals surface area contributed by atoms with Crippen molar-refractivity contribution >= 4 is 28.1 Å². The van der Waals surface area contributed by atoms with Crippen LogP contribution in [0.25, 0.3) is 10.9 Å². The van der Waals surface area contributed by atoms with Gasteiger partial charge in [-0.05, 0) is 72.6 Å². The highest BCUT2D eigenvalue weighted by molar-refractivity contribution is 7.09. The van der Waals surface area contributed by atoms with E-state index >= 15 is 0 Å². The molecular formula is C27H28FN3OS. The maximum atomic E-state index is 13.8. The Balaban J connectivity index is 1.24. The first-order valence-electron chi connectivity index (χ1n) is 11.5. The second-order valence-corrected chi connectivity index (χ2v) is 9.79. The first kappa shape index (κ1) is 21.9. The number of aromatic nitrogens is 1. The molecule has 4 nitrogen and oxygen atoms in total. The van der Waals surface area contributed by atoms with Crippen LogP contribution in [0.5, 0.6) is 0 Å². The Kier molecular flexibility index (Phi) is 6.55. The summed E-state index contributed by atoms with van der Waals surface area (Å²) in [4.78, 5) is 16.2. The fourth-order valence-electron chi connectivity index (χ4n) is 4.72. The molecule has 1 saturated heterocycles. The molecule has 1 aliphatic heterocycles. The van der Waals surface area contributed by atoms with Gasteiger partial charge in [-0.1, -0.05) is 36.4 Å². The summed E-state index contributed by atoms with van der Waals surface area (Å²) in [5, 5.41) is 6.33. The van der Waals surface area contributed by atoms with E-state index in [0.29, 0.717) is 13.1 Å². The highest BCUT2D eigenvalue weighted by atomic mass is 32.1. The maximum Gasteiger partial charge on any atom is 0.223 e. The van der Waals surface area contributed by atoms with Crippen LogP contribution in [-0.4, -0.2) is 28.5 Å². The summed E-state index contributed by atoms with van der Waals surface area (Å²) in [6.07, 6.45) is 1.75. The van der Waals surface area contributed by atoms with Gasteiger partial charge >= 0.3 is 0 Å². The number of nitrogens with one attached hydrogen (secondary N) is 1. The van der Waals surface area contributed by atoms with Crippen molar-refractivity contribution in [3.8, 4) is 0 Å². The number of hydrogen-bond donors (Lipinski definition) is 1. The number of rotatable bonds is 7. The fraction of sp³-hybridized carbons (Fsp3) is 0.296. The molecular weight excluding hydrogens is 433 g/mol. The molecule has 1 aliphatic rings. The third kappa shape index (κ3) is 5.18. The van der Waals surface area contributed by atoms with Crippen molar-refractivity contribution < 1.29 is 9.18 Å². The van der Waals surface area contributed by atoms with Crippen LogP contribution in [0.4, 0.5) is 4.39 Å². The summed E-state index contributed by atoms with van der Waals surface area (Å²) in [5.74, 6) is 0.0487. The molecule has 5 rings (SSSR count). The van der Waals surface area contributed by atoms with E-state index in [1.54, 1.807) is 23.5 Å². The highest BCUT2D eigenvalue weighted by Crippen LogP contribution is 2.25. The predicted molar refractivity (Wildman–Crippen MR) is 132 cm³/mol. The maximum absolute atomic E-state index is 13.8. The molecule has 0 bridgehead atoms. The van der Waals surface area contributed by atoms with Crippen molar-refractivity contribution in [2.75, 3.05) is 13.1 Å². The highest BCUT2D eigenvalue weighted by Gasteiger charge is 2.25. The van der Waals surface area contributed by atoms with Crippen LogP contribution >= 0.6 is 11.3 Å². The topological polar surface area (TPSA) is 37.3 Å². The van der Waals surface area contributed by atoms with Crippen molar-refractivity contribution in [2.45, 2.75) is 32.5 Å². The fourth-order valence-corrected chi connectivity index (χ4v) is 5.36. The van der Waals surface area contributed by atoms with Gasteiger partial charge in [-0.2, -0.15) is 0 Å². The molecule has 0 atom stereocenters. The lowest BCUT2D eigenvalue weighted by Crippen LogP contribution is -2.40. The first-order chi connectivity index (χ1) is 16.2. The van der Waals surface area contributed by atoms with E-state index in [0.717, 1.165) is 38.0 Å². The number of halogens is 1. The largest absolute Gasteiger partial charge is 0.351 e. The minimum Gasteiger partial charge on any atom is -0.351 e. The first-order valence-corrected chi connectivity index (χ1v) is 12.4. The third-order valence-electron chi connectivity index (χ3n) is 6.49. The number of piperidine rings is 1. The summed E-state index contributed by atoms with van der Waals surface area (Å²) >= 11 is 1.67. The lowest BCUT2D eigenvalue weighted by Gasteiger charge is -2.31. The number of fused-ring (bicyclic) bond motifs is 1. The quantitative estimate of drug-likeness (QED) is 0.399. The van der Waals surface area contributed by atoms with Crippen LogP contribution in [0.2, 0.25) is 0 Å². The average Bonchev–Trinajstić information content (AvgIpc) is 3.46. The van der Waals surface area contributed by atoms with E-state index in [9.17, 15) is 9.18 Å². The molecule has 1 N–H and O–H groups in total. The molecule has 1 amide bonds. The smallest absolute Gasteiger partial charge is 0.223 e. The number of amides is 1. The van der Waals surface area contributed by atoms with Crippen LogP contribution in [0.1, 0.15) is 29.0 Å². The zero-order chi connectivity index (χ0) is 22.6. The molecule has 0 unspecified atom stereocenters. The van der Waals surface area contributed by atoms with Crippen molar-refractivity contribution in [3.05, 3.63) is 94.1 Å². The molecule has 0 saturated carbocycles. The number of carbonyl (C=O) groups excluding carboxylic acids is 1. The van der Waals surface area contributed by atoms with Gasteiger partial charge in [0.15, 0.2) is 0 Å². The van der Waals surface area contributed by atoms with Gasteiger partial charge in [0.25, 0.3) is 0 Å². The van der Waals surface area contributed by atoms with Gasteiger partial charge in [0.1, 0.15) is 5.82 Å². The summed E-state index contributed by atoms with van der Waals surface area (Å²) in [6, 6.07) is 21.5. The minimum atomic E-state index is -0.204. The average molecular weight is 462 g/mol. The third-order valence-corrected chi connectivity index (χ3v) is 7.36. The van der Waals surface area contributed by atoms with E-state index in [-0.39, 0.29) is 17.6 Å². The van der Waals surface area contributed by atoms with Crippen molar-refractivity contribution in [1.82, 2.24) is 14.8 Å². The second kappa shape index (κ2) is 9.89. The van der Waals surface area contributed by atoms with Crippen LogP contribution < -0.4 is 5.32 Å². The second-order valence-electron chi connectivity index (χ2n) is 8.76. The molecule has 2 aromatic heterocycles. The van der Waals surface area contributed by atoms with E-state index in [1.165, 1.54) is 27.5 Å². The van der Waals surface area contributed by atoms with Gasteiger partial charge in [0, 0.05) is 35.1 Å². The number of hydrogen-bond acceptors (Lipinski definition) is 3. The Morgan fingerprint density at radius 2 is 1.85 bits per heavy atom. The molecule has 6 heteroatoms. The molecule has 33 heavy (non-hydrogen) atoms. The Hall–Kier alpha value is -2.96. The zero-order valence-corrected chi connectivity index (χ0v) is 19.4. The van der Waals surface area contributed by atoms with Crippen LogP contribution in [0, 0.1) is 11.7 Å². The van der Waals surface area contributed by atoms with E-state index in [2.05, 4.69) is 51.2 Å². The van der Waals surface area contributed by atoms with E-state index in [4.69, 9.17) is 0 Å². The Bertz CT molecular complexity index is 1230. The normalized spacial score (nSPS) is 15.2. The molecule has 0 spiro atoms. The molecule has 2 aromatic carbocycles. The van der Waals surface area contributed by atoms with Crippen LogP contribution in [0.15, 0.2) is 72.1 Å². The van der Waals surface area contributed by atoms with Gasteiger partial charge in [-0.15, -0.1) is 11.3 Å². The molecule has 170 valence electrons. The van der Waals surface area contributed by atoms with Gasteiger partial charge in [0.2, 0.25) is 5.91 Å². The SMILES string of the molecule is O=C(NCc1cccs1)C1CCN(Cc2cc3ccccc3n2Cc2cccc(F)c2)CC1. The van der Waals surface area contributed by atoms with Crippen molar-refractivity contribution in [2.24, 2.45) is 5.92 Å². The van der Waals surface area contributed by atoms with Crippen molar-refractivity contribution in [1.29, 1.82) is 0 Å². The monoisotopic (exact) mass is 461 g/mol. The van der Waals surface area contributed by atoms with E-state index < -0.39 is 0 Å². The molecule has 0 radical (unpaired) electrons. The summed E-state index contributed by atoms with van der Waals surface area (Å²) in [6.45, 7) is 3.89. The number of para-hydroxylation sites is 1. The Morgan fingerprint density at radius 1 is 1.00 bits per heavy atom. The minimum absolute atomic E-state index is 0.0827. The lowest BCUT2D eigenvalue weighted by atomic mass is 9.96. The van der Waals surface area contributed by atoms with Crippen molar-refractivity contribution in [3.63, 3.8) is 0 Å². The molecule has 1 fully saturated rings. The van der Waals surface area contributed by atoms with Gasteiger partial charge in [-0.3, -0.25) is 9.69 Å². The number of nitrogens with zero attached hydrogens (tertiary/aromatic N) is 2. The predicted octanol–water partition coefficient (Wildman–Crippen LogP) is 5.42. The standard InChI is InChI=1S/C27H28FN3OS/c28-23-7-3-5-20(15-23)18-31-24(16-22-6-1-2-9-26(22)31)19-30-12-10-21(11-13-30)27(32)29-17-25-8-4-14-33-25/h1-9,14-16,21H,10-13,17-19H2,(H,29,32). The lowest BCUT2D eigenvalue weighted by molar-refractivity contribution is -0.126. The van der Waals surface area contributed by atoms with Gasteiger partial charge in [0.05, 0.1) is 6.54 Å². The molecule has 3 heterocycles.